The second-order valence-electron chi connectivity index (χ2n) is 5.25. The van der Waals surface area contributed by atoms with E-state index in [0.717, 1.165) is 5.71 Å². The highest BCUT2D eigenvalue weighted by Crippen LogP contribution is 2.28. The van der Waals surface area contributed by atoms with Crippen LogP contribution in [0.1, 0.15) is 52.9 Å². The largest absolute Gasteiger partial charge is 0.391 e. The molecular weight excluding hydrogens is 200 g/mol. The summed E-state index contributed by atoms with van der Waals surface area (Å²) in [6, 6.07) is 0.109. The van der Waals surface area contributed by atoms with Gasteiger partial charge in [-0.25, -0.2) is 0 Å². The van der Waals surface area contributed by atoms with E-state index in [0.29, 0.717) is 5.92 Å². The molecule has 3 nitrogen and oxygen atoms in total. The molecule has 16 heavy (non-hydrogen) atoms. The van der Waals surface area contributed by atoms with Gasteiger partial charge < -0.3 is 5.11 Å². The highest BCUT2D eigenvalue weighted by atomic mass is 16.3. The summed E-state index contributed by atoms with van der Waals surface area (Å²) in [5.41, 5.74) is 1.03. The summed E-state index contributed by atoms with van der Waals surface area (Å²) in [5, 5.41) is 16.6. The summed E-state index contributed by atoms with van der Waals surface area (Å²) in [4.78, 5) is 0. The molecule has 0 heterocycles. The first-order valence-electron chi connectivity index (χ1n) is 6.45. The smallest absolute Gasteiger partial charge is 0.0785 e. The van der Waals surface area contributed by atoms with Gasteiger partial charge in [-0.15, -0.1) is 0 Å². The van der Waals surface area contributed by atoms with E-state index in [4.69, 9.17) is 0 Å². The summed E-state index contributed by atoms with van der Waals surface area (Å²) in [6.07, 6.45) is 5.98. The van der Waals surface area contributed by atoms with Gasteiger partial charge in [0.25, 0.3) is 0 Å². The monoisotopic (exact) mass is 226 g/mol. The van der Waals surface area contributed by atoms with Crippen molar-refractivity contribution >= 4 is 5.71 Å². The van der Waals surface area contributed by atoms with Crippen molar-refractivity contribution in [2.24, 2.45) is 11.0 Å². The number of rotatable bonds is 4. The SMILES string of the molecule is CC(C)=NN(C)[C@H](C)[C@@H](O)C1CCCCC1. The predicted octanol–water partition coefficient (Wildman–Crippen LogP) is 2.64. The molecule has 0 bridgehead atoms. The zero-order valence-electron chi connectivity index (χ0n) is 11.1. The molecule has 2 atom stereocenters. The topological polar surface area (TPSA) is 35.8 Å². The van der Waals surface area contributed by atoms with Crippen LogP contribution in [0.5, 0.6) is 0 Å². The number of nitrogens with zero attached hydrogens (tertiary/aromatic N) is 2. The number of hydrazone groups is 1. The van der Waals surface area contributed by atoms with Gasteiger partial charge in [-0.2, -0.15) is 5.10 Å². The van der Waals surface area contributed by atoms with Gasteiger partial charge in [0.05, 0.1) is 12.1 Å². The number of aliphatic hydroxyl groups is 1. The van der Waals surface area contributed by atoms with Crippen LogP contribution in [0.15, 0.2) is 5.10 Å². The second kappa shape index (κ2) is 6.24. The van der Waals surface area contributed by atoms with Crippen LogP contribution >= 0.6 is 0 Å². The van der Waals surface area contributed by atoms with Crippen LogP contribution in [0.4, 0.5) is 0 Å². The number of likely N-dealkylation sites (N-methyl/N-ethyl adjacent to an activating group) is 1. The maximum Gasteiger partial charge on any atom is 0.0785 e. The average Bonchev–Trinajstić information content (AvgIpc) is 2.27. The molecule has 1 aliphatic rings. The Morgan fingerprint density at radius 3 is 2.31 bits per heavy atom. The Bertz CT molecular complexity index is 230. The standard InChI is InChI=1S/C13H26N2O/c1-10(2)14-15(4)11(3)13(16)12-8-6-5-7-9-12/h11-13,16H,5-9H2,1-4H3/t11-,13-/m1/s1. The Morgan fingerprint density at radius 1 is 1.25 bits per heavy atom. The summed E-state index contributed by atoms with van der Waals surface area (Å²) < 4.78 is 0. The molecule has 1 fully saturated rings. The van der Waals surface area contributed by atoms with Crippen molar-refractivity contribution in [2.45, 2.75) is 65.0 Å². The fraction of sp³-hybridized carbons (Fsp3) is 0.923. The summed E-state index contributed by atoms with van der Waals surface area (Å²) in [7, 11) is 1.95. The molecule has 0 amide bonds. The number of aliphatic hydroxyl groups excluding tert-OH is 1. The van der Waals surface area contributed by atoms with Crippen LogP contribution in [-0.2, 0) is 0 Å². The Morgan fingerprint density at radius 2 is 1.81 bits per heavy atom. The first-order valence-corrected chi connectivity index (χ1v) is 6.45. The van der Waals surface area contributed by atoms with Crippen molar-refractivity contribution in [1.29, 1.82) is 0 Å². The van der Waals surface area contributed by atoms with E-state index in [1.165, 1.54) is 32.1 Å². The van der Waals surface area contributed by atoms with Gasteiger partial charge in [0.2, 0.25) is 0 Å². The quantitative estimate of drug-likeness (QED) is 0.591. The maximum absolute atomic E-state index is 10.3. The molecule has 3 heteroatoms. The van der Waals surface area contributed by atoms with Crippen LogP contribution in [0, 0.1) is 5.92 Å². The Labute approximate surface area is 99.5 Å². The molecule has 0 spiro atoms. The molecule has 0 radical (unpaired) electrons. The third kappa shape index (κ3) is 3.78. The van der Waals surface area contributed by atoms with Gasteiger partial charge in [0.1, 0.15) is 0 Å². The van der Waals surface area contributed by atoms with E-state index in [9.17, 15) is 5.11 Å². The zero-order chi connectivity index (χ0) is 12.1. The highest BCUT2D eigenvalue weighted by molar-refractivity contribution is 5.78. The minimum absolute atomic E-state index is 0.109. The van der Waals surface area contributed by atoms with E-state index < -0.39 is 0 Å². The summed E-state index contributed by atoms with van der Waals surface area (Å²) in [5.74, 6) is 0.471. The Kier molecular flexibility index (Phi) is 5.26. The minimum Gasteiger partial charge on any atom is -0.391 e. The minimum atomic E-state index is -0.242. The molecular formula is C13H26N2O. The van der Waals surface area contributed by atoms with Crippen molar-refractivity contribution in [3.8, 4) is 0 Å². The summed E-state index contributed by atoms with van der Waals surface area (Å²) in [6.45, 7) is 6.03. The lowest BCUT2D eigenvalue weighted by molar-refractivity contribution is 0.0155. The molecule has 1 saturated carbocycles. The number of hydrogen-bond acceptors (Lipinski definition) is 3. The van der Waals surface area contributed by atoms with E-state index >= 15 is 0 Å². The van der Waals surface area contributed by atoms with Crippen molar-refractivity contribution in [1.82, 2.24) is 5.01 Å². The Hall–Kier alpha value is -0.570. The van der Waals surface area contributed by atoms with Crippen LogP contribution in [0.2, 0.25) is 0 Å². The van der Waals surface area contributed by atoms with Gasteiger partial charge >= 0.3 is 0 Å². The van der Waals surface area contributed by atoms with Crippen molar-refractivity contribution < 1.29 is 5.11 Å². The fourth-order valence-electron chi connectivity index (χ4n) is 2.50. The third-order valence-electron chi connectivity index (χ3n) is 3.57. The van der Waals surface area contributed by atoms with E-state index in [2.05, 4.69) is 12.0 Å². The highest BCUT2D eigenvalue weighted by Gasteiger charge is 2.28. The predicted molar refractivity (Wildman–Crippen MR) is 68.6 cm³/mol. The molecule has 1 aliphatic carbocycles. The lowest BCUT2D eigenvalue weighted by atomic mass is 9.83. The van der Waals surface area contributed by atoms with E-state index in [1.807, 2.05) is 25.9 Å². The lowest BCUT2D eigenvalue weighted by Gasteiger charge is -2.34. The first-order chi connectivity index (χ1) is 7.52. The second-order valence-corrected chi connectivity index (χ2v) is 5.25. The molecule has 0 aromatic rings. The number of hydrogen-bond donors (Lipinski definition) is 1. The molecule has 94 valence electrons. The Balaban J connectivity index is 2.51. The average molecular weight is 226 g/mol. The van der Waals surface area contributed by atoms with Crippen molar-refractivity contribution in [3.05, 3.63) is 0 Å². The molecule has 1 rings (SSSR count). The van der Waals surface area contributed by atoms with Crippen LogP contribution < -0.4 is 0 Å². The molecule has 0 aromatic carbocycles. The fourth-order valence-corrected chi connectivity index (χ4v) is 2.50. The van der Waals surface area contributed by atoms with Gasteiger partial charge in [-0.3, -0.25) is 5.01 Å². The van der Waals surface area contributed by atoms with E-state index in [1.54, 1.807) is 0 Å². The maximum atomic E-state index is 10.3. The zero-order valence-corrected chi connectivity index (χ0v) is 11.1. The van der Waals surface area contributed by atoms with Crippen molar-refractivity contribution in [2.75, 3.05) is 7.05 Å². The molecule has 0 aromatic heterocycles. The normalized spacial score (nSPS) is 21.3. The molecule has 0 saturated heterocycles. The van der Waals surface area contributed by atoms with Gasteiger partial charge in [0.15, 0.2) is 0 Å². The van der Waals surface area contributed by atoms with Crippen LogP contribution in [0.25, 0.3) is 0 Å². The molecule has 0 aliphatic heterocycles. The third-order valence-corrected chi connectivity index (χ3v) is 3.57. The molecule has 1 N–H and O–H groups in total. The van der Waals surface area contributed by atoms with Crippen LogP contribution in [-0.4, -0.2) is 35.0 Å². The summed E-state index contributed by atoms with van der Waals surface area (Å²) >= 11 is 0. The van der Waals surface area contributed by atoms with E-state index in [-0.39, 0.29) is 12.1 Å². The van der Waals surface area contributed by atoms with Gasteiger partial charge in [-0.05, 0) is 39.5 Å². The van der Waals surface area contributed by atoms with Gasteiger partial charge in [0, 0.05) is 12.8 Å². The van der Waals surface area contributed by atoms with Crippen molar-refractivity contribution in [3.63, 3.8) is 0 Å². The lowest BCUT2D eigenvalue weighted by Crippen LogP contribution is -2.41. The van der Waals surface area contributed by atoms with Crippen LogP contribution in [0.3, 0.4) is 0 Å². The van der Waals surface area contributed by atoms with Gasteiger partial charge in [-0.1, -0.05) is 19.3 Å². The molecule has 0 unspecified atom stereocenters. The first kappa shape index (κ1) is 13.5.